The molecule has 3 aromatic rings. The molecule has 2 unspecified atom stereocenters. The maximum absolute atomic E-state index is 13.2. The Morgan fingerprint density at radius 3 is 2.74 bits per heavy atom. The third-order valence-electron chi connectivity index (χ3n) is 7.19. The molecular weight excluding hydrogens is 532 g/mol. The highest BCUT2D eigenvalue weighted by molar-refractivity contribution is 7.90. The van der Waals surface area contributed by atoms with Crippen LogP contribution in [-0.4, -0.2) is 93.1 Å². The van der Waals surface area contributed by atoms with Crippen LogP contribution in [0.2, 0.25) is 0 Å². The molecule has 13 heteroatoms. The molecule has 1 aromatic heterocycles. The van der Waals surface area contributed by atoms with Gasteiger partial charge in [-0.2, -0.15) is 4.31 Å². The van der Waals surface area contributed by atoms with E-state index < -0.39 is 26.0 Å². The minimum atomic E-state index is -3.62. The number of piperidine rings is 1. The van der Waals surface area contributed by atoms with Gasteiger partial charge in [-0.15, -0.1) is 0 Å². The largest absolute Gasteiger partial charge is 0.491 e. The number of sulfone groups is 1. The summed E-state index contributed by atoms with van der Waals surface area (Å²) >= 11 is 0. The third kappa shape index (κ3) is 5.87. The maximum Gasteiger partial charge on any atom is 0.243 e. The molecule has 3 heterocycles. The fourth-order valence-corrected chi connectivity index (χ4v) is 7.15. The number of aromatic amines is 1. The van der Waals surface area contributed by atoms with Crippen molar-refractivity contribution in [3.63, 3.8) is 0 Å². The SMILES string of the molecule is CS(=O)(=O)c1cccc(OCC(O)CNC2COC3(CCN(S(=O)(=O)c4ccc5[nH]cnc5c4)CC3)C2)c1. The van der Waals surface area contributed by atoms with E-state index in [1.165, 1.54) is 16.4 Å². The number of benzene rings is 2. The molecule has 38 heavy (non-hydrogen) atoms. The van der Waals surface area contributed by atoms with Crippen LogP contribution in [0.3, 0.4) is 0 Å². The predicted molar refractivity (Wildman–Crippen MR) is 140 cm³/mol. The molecule has 0 amide bonds. The molecular formula is C25H32N4O7S2. The number of fused-ring (bicyclic) bond motifs is 1. The lowest BCUT2D eigenvalue weighted by atomic mass is 9.88. The van der Waals surface area contributed by atoms with E-state index in [-0.39, 0.29) is 34.6 Å². The number of ether oxygens (including phenoxy) is 2. The van der Waals surface area contributed by atoms with Gasteiger partial charge in [-0.25, -0.2) is 21.8 Å². The summed E-state index contributed by atoms with van der Waals surface area (Å²) in [6, 6.07) is 11.1. The number of sulfonamides is 1. The highest BCUT2D eigenvalue weighted by Crippen LogP contribution is 2.37. The number of aliphatic hydroxyl groups excluding tert-OH is 1. The average Bonchev–Trinajstić information content (AvgIpc) is 3.53. The molecule has 0 saturated carbocycles. The summed E-state index contributed by atoms with van der Waals surface area (Å²) in [7, 11) is -6.96. The summed E-state index contributed by atoms with van der Waals surface area (Å²) in [6.07, 6.45) is 3.79. The van der Waals surface area contributed by atoms with Gasteiger partial charge in [0.25, 0.3) is 0 Å². The second kappa shape index (κ2) is 10.5. The van der Waals surface area contributed by atoms with Crippen LogP contribution >= 0.6 is 0 Å². The number of nitrogens with zero attached hydrogens (tertiary/aromatic N) is 2. The monoisotopic (exact) mass is 564 g/mol. The van der Waals surface area contributed by atoms with Gasteiger partial charge >= 0.3 is 0 Å². The zero-order valence-corrected chi connectivity index (χ0v) is 22.7. The molecule has 0 aliphatic carbocycles. The Bertz CT molecular complexity index is 1500. The Morgan fingerprint density at radius 1 is 1.18 bits per heavy atom. The molecule has 1 spiro atoms. The number of hydrogen-bond acceptors (Lipinski definition) is 9. The standard InChI is InChI=1S/C25H32N4O7S2/c1-37(31,32)21-4-2-3-20(11-21)35-16-19(30)14-26-18-13-25(36-15-18)7-9-29(10-8-25)38(33,34)22-5-6-23-24(12-22)28-17-27-23/h2-6,11-12,17-19,26,30H,7-10,13-16H2,1H3,(H,27,28). The summed E-state index contributed by atoms with van der Waals surface area (Å²) in [5.74, 6) is 0.376. The van der Waals surface area contributed by atoms with Gasteiger partial charge in [0.15, 0.2) is 9.84 Å². The normalized spacial score (nSPS) is 21.2. The highest BCUT2D eigenvalue weighted by atomic mass is 32.2. The van der Waals surface area contributed by atoms with Crippen molar-refractivity contribution in [3.05, 3.63) is 48.8 Å². The van der Waals surface area contributed by atoms with E-state index in [0.29, 0.717) is 43.8 Å². The zero-order valence-electron chi connectivity index (χ0n) is 21.0. The van der Waals surface area contributed by atoms with E-state index >= 15 is 0 Å². The molecule has 2 aliphatic rings. The number of aliphatic hydroxyl groups is 1. The van der Waals surface area contributed by atoms with Crippen LogP contribution in [0.1, 0.15) is 19.3 Å². The smallest absolute Gasteiger partial charge is 0.243 e. The number of rotatable bonds is 9. The Hall–Kier alpha value is -2.55. The molecule has 11 nitrogen and oxygen atoms in total. The first kappa shape index (κ1) is 27.0. The molecule has 2 fully saturated rings. The van der Waals surface area contributed by atoms with Gasteiger partial charge in [-0.3, -0.25) is 0 Å². The van der Waals surface area contributed by atoms with Gasteiger partial charge in [-0.05, 0) is 55.7 Å². The first-order valence-electron chi connectivity index (χ1n) is 12.5. The van der Waals surface area contributed by atoms with Crippen molar-refractivity contribution in [2.75, 3.05) is 39.1 Å². The summed E-state index contributed by atoms with van der Waals surface area (Å²) in [4.78, 5) is 7.52. The van der Waals surface area contributed by atoms with E-state index in [1.54, 1.807) is 36.7 Å². The number of imidazole rings is 1. The Balaban J connectivity index is 1.09. The summed E-state index contributed by atoms with van der Waals surface area (Å²) in [5, 5.41) is 13.7. The van der Waals surface area contributed by atoms with Crippen LogP contribution in [0.15, 0.2) is 58.6 Å². The molecule has 2 aliphatic heterocycles. The summed E-state index contributed by atoms with van der Waals surface area (Å²) in [5.41, 5.74) is 1.02. The molecule has 3 N–H and O–H groups in total. The second-order valence-electron chi connectivity index (χ2n) is 10.0. The van der Waals surface area contributed by atoms with E-state index in [1.807, 2.05) is 0 Å². The Labute approximate surface area is 222 Å². The minimum absolute atomic E-state index is 0.00974. The van der Waals surface area contributed by atoms with Crippen LogP contribution in [0.4, 0.5) is 0 Å². The second-order valence-corrected chi connectivity index (χ2v) is 14.0. The number of nitrogens with one attached hydrogen (secondary N) is 2. The molecule has 2 saturated heterocycles. The van der Waals surface area contributed by atoms with Crippen LogP contribution < -0.4 is 10.1 Å². The summed E-state index contributed by atoms with van der Waals surface area (Å²) < 4.78 is 63.0. The van der Waals surface area contributed by atoms with Gasteiger partial charge in [0.2, 0.25) is 10.0 Å². The molecule has 206 valence electrons. The predicted octanol–water partition coefficient (Wildman–Crippen LogP) is 1.31. The van der Waals surface area contributed by atoms with Crippen molar-refractivity contribution in [1.82, 2.24) is 19.6 Å². The lowest BCUT2D eigenvalue weighted by Gasteiger charge is -2.38. The van der Waals surface area contributed by atoms with Crippen LogP contribution in [-0.2, 0) is 24.6 Å². The van der Waals surface area contributed by atoms with Gasteiger partial charge in [0, 0.05) is 31.9 Å². The van der Waals surface area contributed by atoms with Crippen molar-refractivity contribution in [3.8, 4) is 5.75 Å². The van der Waals surface area contributed by atoms with E-state index in [2.05, 4.69) is 15.3 Å². The molecule has 2 aromatic carbocycles. The van der Waals surface area contributed by atoms with Gasteiger partial charge in [0.05, 0.1) is 39.4 Å². The highest BCUT2D eigenvalue weighted by Gasteiger charge is 2.44. The molecule has 0 radical (unpaired) electrons. The minimum Gasteiger partial charge on any atom is -0.491 e. The first-order valence-corrected chi connectivity index (χ1v) is 15.8. The lowest BCUT2D eigenvalue weighted by molar-refractivity contribution is -0.0312. The fourth-order valence-electron chi connectivity index (χ4n) is 5.03. The van der Waals surface area contributed by atoms with Crippen molar-refractivity contribution in [1.29, 1.82) is 0 Å². The van der Waals surface area contributed by atoms with E-state index in [4.69, 9.17) is 9.47 Å². The molecule has 2 atom stereocenters. The third-order valence-corrected chi connectivity index (χ3v) is 10.2. The van der Waals surface area contributed by atoms with Gasteiger partial charge in [-0.1, -0.05) is 6.07 Å². The van der Waals surface area contributed by atoms with Gasteiger partial charge in [0.1, 0.15) is 18.5 Å². The van der Waals surface area contributed by atoms with E-state index in [0.717, 1.165) is 18.2 Å². The van der Waals surface area contributed by atoms with Crippen molar-refractivity contribution in [2.45, 2.75) is 46.8 Å². The Kier molecular flexibility index (Phi) is 7.50. The lowest BCUT2D eigenvalue weighted by Crippen LogP contribution is -2.47. The summed E-state index contributed by atoms with van der Waals surface area (Å²) in [6.45, 7) is 1.52. The zero-order chi connectivity index (χ0) is 27.0. The average molecular weight is 565 g/mol. The quantitative estimate of drug-likeness (QED) is 0.349. The number of H-pyrrole nitrogens is 1. The maximum atomic E-state index is 13.2. The van der Waals surface area contributed by atoms with Crippen molar-refractivity contribution in [2.24, 2.45) is 0 Å². The van der Waals surface area contributed by atoms with E-state index in [9.17, 15) is 21.9 Å². The molecule has 0 bridgehead atoms. The number of aromatic nitrogens is 2. The van der Waals surface area contributed by atoms with Crippen LogP contribution in [0.25, 0.3) is 11.0 Å². The van der Waals surface area contributed by atoms with Gasteiger partial charge < -0.3 is 24.9 Å². The van der Waals surface area contributed by atoms with Crippen molar-refractivity contribution < 1.29 is 31.4 Å². The Morgan fingerprint density at radius 2 is 1.97 bits per heavy atom. The van der Waals surface area contributed by atoms with Crippen LogP contribution in [0, 0.1) is 0 Å². The fraction of sp³-hybridized carbons (Fsp3) is 0.480. The van der Waals surface area contributed by atoms with Crippen molar-refractivity contribution >= 4 is 30.9 Å². The molecule has 5 rings (SSSR count). The topological polar surface area (TPSA) is 151 Å². The first-order chi connectivity index (χ1) is 18.0. The van der Waals surface area contributed by atoms with Crippen LogP contribution in [0.5, 0.6) is 5.75 Å². The number of hydrogen-bond donors (Lipinski definition) is 3.